The number of H-pyrrole nitrogens is 1. The largest absolute Gasteiger partial charge is 0.380 e. The molecule has 2 rings (SSSR count). The molecule has 0 unspecified atom stereocenters. The molecule has 1 aromatic rings. The van der Waals surface area contributed by atoms with Crippen LogP contribution >= 0.6 is 0 Å². The van der Waals surface area contributed by atoms with Gasteiger partial charge in [-0.3, -0.25) is 9.89 Å². The van der Waals surface area contributed by atoms with Crippen molar-refractivity contribution in [2.24, 2.45) is 0 Å². The Morgan fingerprint density at radius 2 is 2.11 bits per heavy atom. The zero-order valence-corrected chi connectivity index (χ0v) is 11.2. The molecule has 0 atom stereocenters. The van der Waals surface area contributed by atoms with Crippen LogP contribution in [0.15, 0.2) is 0 Å². The molecule has 0 aromatic carbocycles. The van der Waals surface area contributed by atoms with Gasteiger partial charge in [-0.2, -0.15) is 0 Å². The number of nitrogens with one attached hydrogen (secondary N) is 1. The minimum atomic E-state index is -0.132. The number of carbonyl (C=O) groups is 1. The molecule has 2 heterocycles. The number of nitrogens with zero attached hydrogens (tertiary/aromatic N) is 3. The van der Waals surface area contributed by atoms with Crippen molar-refractivity contribution in [1.82, 2.24) is 20.1 Å². The van der Waals surface area contributed by atoms with E-state index in [9.17, 15) is 4.79 Å². The summed E-state index contributed by atoms with van der Waals surface area (Å²) in [5.41, 5.74) is -0.132. The number of hydrogen-bond acceptors (Lipinski definition) is 4. The van der Waals surface area contributed by atoms with E-state index < -0.39 is 0 Å². The first-order chi connectivity index (χ1) is 8.48. The molecule has 0 aliphatic carbocycles. The van der Waals surface area contributed by atoms with E-state index in [0.717, 1.165) is 12.2 Å². The Kier molecular flexibility index (Phi) is 3.65. The topological polar surface area (TPSA) is 71.1 Å². The van der Waals surface area contributed by atoms with E-state index in [4.69, 9.17) is 4.74 Å². The Morgan fingerprint density at radius 1 is 1.33 bits per heavy atom. The Morgan fingerprint density at radius 3 is 2.78 bits per heavy atom. The average Bonchev–Trinajstić information content (AvgIpc) is 2.65. The second-order valence-electron chi connectivity index (χ2n) is 5.52. The maximum atomic E-state index is 12.2. The smallest absolute Gasteiger partial charge is 0.293 e. The fraction of sp³-hybridized carbons (Fsp3) is 0.750. The van der Waals surface area contributed by atoms with Gasteiger partial charge >= 0.3 is 0 Å². The number of carbonyl (C=O) groups excluding carboxylic acids is 1. The first-order valence-corrected chi connectivity index (χ1v) is 6.28. The van der Waals surface area contributed by atoms with Crippen molar-refractivity contribution in [3.8, 4) is 0 Å². The Labute approximate surface area is 107 Å². The lowest BCUT2D eigenvalue weighted by Crippen LogP contribution is -2.34. The van der Waals surface area contributed by atoms with E-state index in [2.05, 4.69) is 15.2 Å². The number of amides is 1. The van der Waals surface area contributed by atoms with Crippen molar-refractivity contribution in [3.05, 3.63) is 11.6 Å². The molecule has 1 aromatic heterocycles. The van der Waals surface area contributed by atoms with Crippen molar-refractivity contribution >= 4 is 5.91 Å². The normalized spacial score (nSPS) is 17.6. The van der Waals surface area contributed by atoms with Crippen LogP contribution in [0.25, 0.3) is 0 Å². The van der Waals surface area contributed by atoms with E-state index in [1.807, 2.05) is 20.8 Å². The molecular formula is C12H20N4O2. The van der Waals surface area contributed by atoms with E-state index in [0.29, 0.717) is 26.3 Å². The van der Waals surface area contributed by atoms with Crippen molar-refractivity contribution < 1.29 is 9.53 Å². The summed E-state index contributed by atoms with van der Waals surface area (Å²) in [6, 6.07) is 0. The summed E-state index contributed by atoms with van der Waals surface area (Å²) in [4.78, 5) is 18.3. The monoisotopic (exact) mass is 252 g/mol. The summed E-state index contributed by atoms with van der Waals surface area (Å²) < 4.78 is 5.33. The zero-order valence-electron chi connectivity index (χ0n) is 11.2. The number of aromatic nitrogens is 3. The third-order valence-electron chi connectivity index (χ3n) is 2.90. The molecule has 0 saturated carbocycles. The van der Waals surface area contributed by atoms with Gasteiger partial charge in [0.15, 0.2) is 0 Å². The lowest BCUT2D eigenvalue weighted by Gasteiger charge is -2.17. The molecule has 6 heteroatoms. The van der Waals surface area contributed by atoms with Crippen LogP contribution in [0.5, 0.6) is 0 Å². The van der Waals surface area contributed by atoms with Gasteiger partial charge < -0.3 is 9.64 Å². The summed E-state index contributed by atoms with van der Waals surface area (Å²) >= 11 is 0. The molecule has 0 radical (unpaired) electrons. The first-order valence-electron chi connectivity index (χ1n) is 6.28. The first kappa shape index (κ1) is 13.0. The van der Waals surface area contributed by atoms with Gasteiger partial charge in [0.05, 0.1) is 6.61 Å². The van der Waals surface area contributed by atoms with E-state index in [1.165, 1.54) is 0 Å². The summed E-state index contributed by atoms with van der Waals surface area (Å²) in [5.74, 6) is 0.867. The fourth-order valence-electron chi connectivity index (χ4n) is 1.78. The van der Waals surface area contributed by atoms with Gasteiger partial charge in [-0.05, 0) is 6.42 Å². The van der Waals surface area contributed by atoms with Crippen LogP contribution in [0.4, 0.5) is 0 Å². The highest BCUT2D eigenvalue weighted by molar-refractivity contribution is 5.90. The van der Waals surface area contributed by atoms with E-state index in [1.54, 1.807) is 4.90 Å². The van der Waals surface area contributed by atoms with Gasteiger partial charge in [0.2, 0.25) is 5.82 Å². The van der Waals surface area contributed by atoms with Gasteiger partial charge in [-0.1, -0.05) is 20.8 Å². The van der Waals surface area contributed by atoms with Crippen LogP contribution in [0.1, 0.15) is 43.6 Å². The molecule has 18 heavy (non-hydrogen) atoms. The van der Waals surface area contributed by atoms with Crippen LogP contribution in [0.3, 0.4) is 0 Å². The second-order valence-corrected chi connectivity index (χ2v) is 5.52. The van der Waals surface area contributed by atoms with Crippen LogP contribution in [0, 0.1) is 0 Å². The minimum Gasteiger partial charge on any atom is -0.380 e. The average molecular weight is 252 g/mol. The van der Waals surface area contributed by atoms with Crippen LogP contribution < -0.4 is 0 Å². The third-order valence-corrected chi connectivity index (χ3v) is 2.90. The highest BCUT2D eigenvalue weighted by atomic mass is 16.5. The molecule has 1 amide bonds. The maximum absolute atomic E-state index is 12.2. The Hall–Kier alpha value is -1.43. The van der Waals surface area contributed by atoms with Crippen LogP contribution in [0.2, 0.25) is 0 Å². The van der Waals surface area contributed by atoms with Gasteiger partial charge in [0, 0.05) is 25.1 Å². The molecule has 1 saturated heterocycles. The van der Waals surface area contributed by atoms with Crippen molar-refractivity contribution in [2.75, 3.05) is 26.3 Å². The molecule has 100 valence electrons. The summed E-state index contributed by atoms with van der Waals surface area (Å²) in [7, 11) is 0. The van der Waals surface area contributed by atoms with Crippen LogP contribution in [-0.2, 0) is 10.2 Å². The Balaban J connectivity index is 2.10. The molecule has 6 nitrogen and oxygen atoms in total. The molecule has 1 fully saturated rings. The summed E-state index contributed by atoms with van der Waals surface area (Å²) in [5, 5.41) is 6.86. The standard InChI is InChI=1S/C12H20N4O2/c1-12(2,3)11-13-9(14-15-11)10(17)16-5-4-7-18-8-6-16/h4-8H2,1-3H3,(H,13,14,15). The highest BCUT2D eigenvalue weighted by Gasteiger charge is 2.24. The highest BCUT2D eigenvalue weighted by Crippen LogP contribution is 2.17. The van der Waals surface area contributed by atoms with Crippen molar-refractivity contribution in [3.63, 3.8) is 0 Å². The molecule has 1 N–H and O–H groups in total. The summed E-state index contributed by atoms with van der Waals surface area (Å²) in [6.07, 6.45) is 0.863. The van der Waals surface area contributed by atoms with Gasteiger partial charge in [-0.25, -0.2) is 4.98 Å². The summed E-state index contributed by atoms with van der Waals surface area (Å²) in [6.45, 7) is 8.70. The number of rotatable bonds is 1. The fourth-order valence-corrected chi connectivity index (χ4v) is 1.78. The Bertz CT molecular complexity index is 414. The molecular weight excluding hydrogens is 232 g/mol. The molecule has 1 aliphatic rings. The number of aromatic amines is 1. The van der Waals surface area contributed by atoms with Crippen molar-refractivity contribution in [1.29, 1.82) is 0 Å². The lowest BCUT2D eigenvalue weighted by atomic mass is 9.96. The molecule has 1 aliphatic heterocycles. The SMILES string of the molecule is CC(C)(C)c1nc(C(=O)N2CCCOCC2)n[nH]1. The predicted octanol–water partition coefficient (Wildman–Crippen LogP) is 0.965. The zero-order chi connectivity index (χ0) is 13.2. The lowest BCUT2D eigenvalue weighted by molar-refractivity contribution is 0.0729. The third kappa shape index (κ3) is 2.87. The van der Waals surface area contributed by atoms with Gasteiger partial charge in [0.25, 0.3) is 5.91 Å². The predicted molar refractivity (Wildman–Crippen MR) is 66.4 cm³/mol. The van der Waals surface area contributed by atoms with Gasteiger partial charge in [-0.15, -0.1) is 5.10 Å². The molecule has 0 bridgehead atoms. The van der Waals surface area contributed by atoms with E-state index in [-0.39, 0.29) is 17.1 Å². The quantitative estimate of drug-likeness (QED) is 0.808. The second kappa shape index (κ2) is 5.06. The van der Waals surface area contributed by atoms with Crippen LogP contribution in [-0.4, -0.2) is 52.3 Å². The molecule has 0 spiro atoms. The maximum Gasteiger partial charge on any atom is 0.293 e. The number of hydrogen-bond donors (Lipinski definition) is 1. The van der Waals surface area contributed by atoms with Gasteiger partial charge in [0.1, 0.15) is 5.82 Å². The number of ether oxygens (including phenoxy) is 1. The minimum absolute atomic E-state index is 0.118. The van der Waals surface area contributed by atoms with E-state index >= 15 is 0 Å². The van der Waals surface area contributed by atoms with Crippen molar-refractivity contribution in [2.45, 2.75) is 32.6 Å².